The van der Waals surface area contributed by atoms with E-state index in [0.717, 1.165) is 49.2 Å². The molecule has 1 N–H and O–H groups in total. The monoisotopic (exact) mass is 463 g/mol. The molecule has 0 atom stereocenters. The lowest BCUT2D eigenvalue weighted by atomic mass is 9.93. The van der Waals surface area contributed by atoms with E-state index in [9.17, 15) is 9.59 Å². The number of aromatic amines is 1. The van der Waals surface area contributed by atoms with Crippen molar-refractivity contribution in [1.29, 1.82) is 0 Å². The van der Waals surface area contributed by atoms with Gasteiger partial charge in [-0.1, -0.05) is 18.5 Å². The van der Waals surface area contributed by atoms with Crippen LogP contribution in [0.15, 0.2) is 14.9 Å². The molecule has 1 aliphatic rings. The summed E-state index contributed by atoms with van der Waals surface area (Å²) in [5.41, 5.74) is 2.07. The second-order valence-corrected chi connectivity index (χ2v) is 9.80. The van der Waals surface area contributed by atoms with Crippen molar-refractivity contribution in [2.24, 2.45) is 5.92 Å². The number of thiazole rings is 1. The number of nitrogens with one attached hydrogen (secondary N) is 1. The van der Waals surface area contributed by atoms with Crippen LogP contribution in [0.5, 0.6) is 0 Å². The quantitative estimate of drug-likeness (QED) is 0.415. The molecule has 158 valence electrons. The molecule has 4 heterocycles. The average Bonchev–Trinajstić information content (AvgIpc) is 3.32. The van der Waals surface area contributed by atoms with Crippen molar-refractivity contribution in [2.45, 2.75) is 49.5 Å². The molecule has 0 aromatic carbocycles. The van der Waals surface area contributed by atoms with Crippen LogP contribution in [0.3, 0.4) is 0 Å². The number of nitrogens with zero attached hydrogens (tertiary/aromatic N) is 4. The van der Waals surface area contributed by atoms with Gasteiger partial charge in [-0.25, -0.2) is 15.0 Å². The second-order valence-electron chi connectivity index (χ2n) is 7.35. The van der Waals surface area contributed by atoms with E-state index in [-0.39, 0.29) is 17.5 Å². The Morgan fingerprint density at radius 3 is 2.60 bits per heavy atom. The number of fused-ring (bicyclic) bond motifs is 1. The van der Waals surface area contributed by atoms with E-state index in [4.69, 9.17) is 16.6 Å². The summed E-state index contributed by atoms with van der Waals surface area (Å²) in [6, 6.07) is 0. The van der Waals surface area contributed by atoms with Gasteiger partial charge < -0.3 is 9.88 Å². The summed E-state index contributed by atoms with van der Waals surface area (Å²) in [5.74, 6) is 1.08. The van der Waals surface area contributed by atoms with E-state index >= 15 is 0 Å². The SMILES string of the molecule is CCc1[nH]c2nc(Sc3nc(C(C)=O)cs3)nc(N3CCC(C(C)=O)CC3)c2c1Cl. The smallest absolute Gasteiger partial charge is 0.198 e. The highest BCUT2D eigenvalue weighted by Gasteiger charge is 2.27. The molecule has 3 aromatic heterocycles. The van der Waals surface area contributed by atoms with E-state index in [2.05, 4.69) is 19.9 Å². The fraction of sp³-hybridized carbons (Fsp3) is 0.450. The number of aryl methyl sites for hydroxylation is 1. The third kappa shape index (κ3) is 4.10. The van der Waals surface area contributed by atoms with Gasteiger partial charge in [0.2, 0.25) is 0 Å². The maximum atomic E-state index is 11.8. The lowest BCUT2D eigenvalue weighted by molar-refractivity contribution is -0.121. The molecule has 30 heavy (non-hydrogen) atoms. The molecule has 0 radical (unpaired) electrons. The van der Waals surface area contributed by atoms with Crippen LogP contribution < -0.4 is 4.90 Å². The molecule has 1 fully saturated rings. The first-order valence-corrected chi connectivity index (χ1v) is 11.9. The highest BCUT2D eigenvalue weighted by atomic mass is 35.5. The second kappa shape index (κ2) is 8.64. The first kappa shape index (κ1) is 21.3. The van der Waals surface area contributed by atoms with Crippen LogP contribution in [0, 0.1) is 5.92 Å². The summed E-state index contributed by atoms with van der Waals surface area (Å²) in [4.78, 5) is 42.7. The van der Waals surface area contributed by atoms with Crippen molar-refractivity contribution < 1.29 is 9.59 Å². The molecule has 7 nitrogen and oxygen atoms in total. The fourth-order valence-corrected chi connectivity index (χ4v) is 5.70. The number of aromatic nitrogens is 4. The summed E-state index contributed by atoms with van der Waals surface area (Å²) in [6.45, 7) is 6.70. The Balaban J connectivity index is 1.72. The molecule has 0 unspecified atom stereocenters. The summed E-state index contributed by atoms with van der Waals surface area (Å²) in [5, 5.41) is 3.77. The molecular formula is C20H22ClN5O2S2. The molecule has 0 saturated carbocycles. The van der Waals surface area contributed by atoms with Crippen LogP contribution in [0.1, 0.15) is 49.8 Å². The number of halogens is 1. The number of Topliss-reactive ketones (excluding diaryl/α,β-unsaturated/α-hetero) is 2. The summed E-state index contributed by atoms with van der Waals surface area (Å²) < 4.78 is 0.717. The number of piperidine rings is 1. The number of H-pyrrole nitrogens is 1. The van der Waals surface area contributed by atoms with Gasteiger partial charge in [0.05, 0.1) is 10.4 Å². The first-order valence-electron chi connectivity index (χ1n) is 9.85. The molecule has 0 amide bonds. The maximum absolute atomic E-state index is 11.8. The van der Waals surface area contributed by atoms with Gasteiger partial charge in [-0.05, 0) is 37.9 Å². The fourth-order valence-electron chi connectivity index (χ4n) is 3.63. The number of carbonyl (C=O) groups is 2. The standard InChI is InChI=1S/C20H22ClN5O2S2/c1-4-13-16(21)15-17(22-13)24-19(30-20-23-14(9-29-20)11(3)28)25-18(15)26-7-5-12(6-8-26)10(2)27/h9,12H,4-8H2,1-3H3,(H,22,24,25). The third-order valence-electron chi connectivity index (χ3n) is 5.37. The van der Waals surface area contributed by atoms with E-state index in [1.165, 1.54) is 30.0 Å². The van der Waals surface area contributed by atoms with Crippen LogP contribution in [0.2, 0.25) is 5.02 Å². The van der Waals surface area contributed by atoms with Crippen LogP contribution in [0.4, 0.5) is 5.82 Å². The number of rotatable bonds is 6. The maximum Gasteiger partial charge on any atom is 0.198 e. The summed E-state index contributed by atoms with van der Waals surface area (Å²) >= 11 is 9.40. The summed E-state index contributed by atoms with van der Waals surface area (Å²) in [6.07, 6.45) is 2.37. The van der Waals surface area contributed by atoms with Crippen molar-refractivity contribution in [3.8, 4) is 0 Å². The third-order valence-corrected chi connectivity index (χ3v) is 7.59. The minimum atomic E-state index is -0.0627. The Labute approximate surface area is 187 Å². The topological polar surface area (TPSA) is 91.8 Å². The molecule has 0 spiro atoms. The van der Waals surface area contributed by atoms with E-state index < -0.39 is 0 Å². The number of ketones is 2. The summed E-state index contributed by atoms with van der Waals surface area (Å²) in [7, 11) is 0. The Morgan fingerprint density at radius 1 is 1.27 bits per heavy atom. The molecule has 10 heteroatoms. The molecule has 4 rings (SSSR count). The Morgan fingerprint density at radius 2 is 2.00 bits per heavy atom. The van der Waals surface area contributed by atoms with Crippen molar-refractivity contribution in [3.05, 3.63) is 21.8 Å². The number of anilines is 1. The van der Waals surface area contributed by atoms with Crippen LogP contribution in [-0.4, -0.2) is 44.6 Å². The van der Waals surface area contributed by atoms with Crippen LogP contribution >= 0.6 is 34.7 Å². The predicted molar refractivity (Wildman–Crippen MR) is 120 cm³/mol. The van der Waals surface area contributed by atoms with Gasteiger partial charge in [-0.3, -0.25) is 9.59 Å². The zero-order valence-corrected chi connectivity index (χ0v) is 19.4. The van der Waals surface area contributed by atoms with Crippen molar-refractivity contribution >= 4 is 63.1 Å². The van der Waals surface area contributed by atoms with E-state index in [0.29, 0.717) is 25.9 Å². The van der Waals surface area contributed by atoms with E-state index in [1.807, 2.05) is 6.92 Å². The number of hydrogen-bond acceptors (Lipinski definition) is 8. The van der Waals surface area contributed by atoms with E-state index in [1.54, 1.807) is 12.3 Å². The van der Waals surface area contributed by atoms with Gasteiger partial charge >= 0.3 is 0 Å². The molecule has 1 aliphatic heterocycles. The minimum absolute atomic E-state index is 0.0627. The number of hydrogen-bond donors (Lipinski definition) is 1. The molecular weight excluding hydrogens is 442 g/mol. The average molecular weight is 464 g/mol. The molecule has 0 bridgehead atoms. The van der Waals surface area contributed by atoms with Gasteiger partial charge in [0, 0.05) is 37.0 Å². The van der Waals surface area contributed by atoms with Crippen LogP contribution in [0.25, 0.3) is 11.0 Å². The van der Waals surface area contributed by atoms with Gasteiger partial charge in [0.1, 0.15) is 22.9 Å². The zero-order valence-electron chi connectivity index (χ0n) is 17.0. The molecule has 1 saturated heterocycles. The minimum Gasteiger partial charge on any atom is -0.356 e. The lowest BCUT2D eigenvalue weighted by Crippen LogP contribution is -2.36. The molecule has 0 aliphatic carbocycles. The normalized spacial score (nSPS) is 15.1. The highest BCUT2D eigenvalue weighted by Crippen LogP contribution is 2.38. The van der Waals surface area contributed by atoms with Gasteiger partial charge in [0.15, 0.2) is 15.3 Å². The largest absolute Gasteiger partial charge is 0.356 e. The van der Waals surface area contributed by atoms with Gasteiger partial charge in [0.25, 0.3) is 0 Å². The Kier molecular flexibility index (Phi) is 6.13. The number of carbonyl (C=O) groups excluding carboxylic acids is 2. The highest BCUT2D eigenvalue weighted by molar-refractivity contribution is 8.00. The van der Waals surface area contributed by atoms with Crippen LogP contribution in [-0.2, 0) is 11.2 Å². The zero-order chi connectivity index (χ0) is 21.4. The van der Waals surface area contributed by atoms with Gasteiger partial charge in [-0.2, -0.15) is 0 Å². The Bertz CT molecular complexity index is 1120. The first-order chi connectivity index (χ1) is 14.4. The molecule has 3 aromatic rings. The lowest BCUT2D eigenvalue weighted by Gasteiger charge is -2.32. The van der Waals surface area contributed by atoms with Crippen molar-refractivity contribution in [1.82, 2.24) is 19.9 Å². The van der Waals surface area contributed by atoms with Crippen molar-refractivity contribution in [2.75, 3.05) is 18.0 Å². The van der Waals surface area contributed by atoms with Gasteiger partial charge in [-0.15, -0.1) is 11.3 Å². The Hall–Kier alpha value is -1.97. The predicted octanol–water partition coefficient (Wildman–Crippen LogP) is 4.79. The van der Waals surface area contributed by atoms with Crippen molar-refractivity contribution in [3.63, 3.8) is 0 Å².